The number of halogens is 1. The van der Waals surface area contributed by atoms with Crippen molar-refractivity contribution in [1.82, 2.24) is 9.88 Å². The second-order valence-electron chi connectivity index (χ2n) is 5.83. The van der Waals surface area contributed by atoms with Crippen molar-refractivity contribution in [3.8, 4) is 0 Å². The van der Waals surface area contributed by atoms with Crippen LogP contribution in [0.3, 0.4) is 0 Å². The molecular formula is C17H18ClN3O2. The van der Waals surface area contributed by atoms with Gasteiger partial charge in [0.15, 0.2) is 0 Å². The minimum Gasteiger partial charge on any atom is -0.370 e. The van der Waals surface area contributed by atoms with E-state index in [4.69, 9.17) is 17.3 Å². The van der Waals surface area contributed by atoms with E-state index in [1.54, 1.807) is 11.0 Å². The lowest BCUT2D eigenvalue weighted by atomic mass is 9.98. The van der Waals surface area contributed by atoms with Gasteiger partial charge >= 0.3 is 0 Å². The first-order chi connectivity index (χ1) is 11.1. The predicted molar refractivity (Wildman–Crippen MR) is 89.2 cm³/mol. The first kappa shape index (κ1) is 15.7. The van der Waals surface area contributed by atoms with Gasteiger partial charge in [-0.2, -0.15) is 0 Å². The van der Waals surface area contributed by atoms with Crippen LogP contribution in [0.5, 0.6) is 0 Å². The summed E-state index contributed by atoms with van der Waals surface area (Å²) in [6.45, 7) is 0.599. The number of primary amides is 1. The van der Waals surface area contributed by atoms with Gasteiger partial charge in [-0.3, -0.25) is 9.59 Å². The molecule has 0 radical (unpaired) electrons. The van der Waals surface area contributed by atoms with E-state index in [0.29, 0.717) is 11.6 Å². The third-order valence-corrected chi connectivity index (χ3v) is 4.49. The molecule has 0 spiro atoms. The number of para-hydroxylation sites is 1. The summed E-state index contributed by atoms with van der Waals surface area (Å²) in [5.74, 6) is -0.626. The molecule has 0 aliphatic carbocycles. The molecule has 3 rings (SSSR count). The fourth-order valence-electron chi connectivity index (χ4n) is 3.09. The molecule has 120 valence electrons. The zero-order valence-corrected chi connectivity index (χ0v) is 13.4. The number of nitrogens with zero attached hydrogens (tertiary/aromatic N) is 2. The Morgan fingerprint density at radius 1 is 1.30 bits per heavy atom. The van der Waals surface area contributed by atoms with Crippen LogP contribution in [-0.2, 0) is 4.79 Å². The van der Waals surface area contributed by atoms with E-state index in [9.17, 15) is 9.59 Å². The van der Waals surface area contributed by atoms with Gasteiger partial charge < -0.3 is 10.6 Å². The molecule has 0 saturated carbocycles. The summed E-state index contributed by atoms with van der Waals surface area (Å²) in [4.78, 5) is 30.3. The van der Waals surface area contributed by atoms with Gasteiger partial charge in [0, 0.05) is 24.4 Å². The van der Waals surface area contributed by atoms with Crippen molar-refractivity contribution in [2.75, 3.05) is 6.54 Å². The van der Waals surface area contributed by atoms with Crippen LogP contribution in [0.25, 0.3) is 10.9 Å². The van der Waals surface area contributed by atoms with Gasteiger partial charge in [0.1, 0.15) is 5.69 Å². The van der Waals surface area contributed by atoms with Gasteiger partial charge in [0.2, 0.25) is 5.91 Å². The van der Waals surface area contributed by atoms with Crippen molar-refractivity contribution in [1.29, 1.82) is 0 Å². The Labute approximate surface area is 139 Å². The standard InChI is InChI=1S/C17H18ClN3O2/c18-13-9-11-5-1-2-7-14(11)20-16(13)17(23)21-8-4-3-6-12(21)10-15(19)22/h1-2,5,7,9,12H,3-4,6,8,10H2,(H2,19,22). The summed E-state index contributed by atoms with van der Waals surface area (Å²) in [6.07, 6.45) is 2.85. The van der Waals surface area contributed by atoms with Crippen LogP contribution in [0.1, 0.15) is 36.2 Å². The molecule has 2 aromatic rings. The van der Waals surface area contributed by atoms with E-state index >= 15 is 0 Å². The average molecular weight is 332 g/mol. The number of carbonyl (C=O) groups excluding carboxylic acids is 2. The fraction of sp³-hybridized carbons (Fsp3) is 0.353. The molecule has 1 fully saturated rings. The number of likely N-dealkylation sites (tertiary alicyclic amines) is 1. The number of nitrogens with two attached hydrogens (primary N) is 1. The van der Waals surface area contributed by atoms with E-state index < -0.39 is 5.91 Å². The Hall–Kier alpha value is -2.14. The summed E-state index contributed by atoms with van der Waals surface area (Å²) in [5.41, 5.74) is 6.27. The molecule has 2 amide bonds. The Morgan fingerprint density at radius 2 is 2.09 bits per heavy atom. The molecule has 1 aromatic carbocycles. The number of pyridine rings is 1. The summed E-state index contributed by atoms with van der Waals surface area (Å²) in [5, 5.41) is 1.22. The van der Waals surface area contributed by atoms with E-state index in [-0.39, 0.29) is 24.1 Å². The fourth-order valence-corrected chi connectivity index (χ4v) is 3.33. The number of hydrogen-bond acceptors (Lipinski definition) is 3. The summed E-state index contributed by atoms with van der Waals surface area (Å²) >= 11 is 6.27. The lowest BCUT2D eigenvalue weighted by Crippen LogP contribution is -2.45. The number of rotatable bonds is 3. The van der Waals surface area contributed by atoms with Crippen molar-refractivity contribution in [3.63, 3.8) is 0 Å². The van der Waals surface area contributed by atoms with Gasteiger partial charge in [0.25, 0.3) is 5.91 Å². The van der Waals surface area contributed by atoms with Crippen molar-refractivity contribution < 1.29 is 9.59 Å². The van der Waals surface area contributed by atoms with Crippen LogP contribution in [0, 0.1) is 0 Å². The van der Waals surface area contributed by atoms with Crippen molar-refractivity contribution in [2.45, 2.75) is 31.7 Å². The Bertz CT molecular complexity index is 763. The maximum absolute atomic E-state index is 12.9. The molecule has 1 saturated heterocycles. The maximum atomic E-state index is 12.9. The lowest BCUT2D eigenvalue weighted by molar-refractivity contribution is -0.119. The van der Waals surface area contributed by atoms with E-state index in [2.05, 4.69) is 4.98 Å². The minimum absolute atomic E-state index is 0.168. The van der Waals surface area contributed by atoms with E-state index in [1.165, 1.54) is 0 Å². The first-order valence-corrected chi connectivity index (χ1v) is 8.08. The van der Waals surface area contributed by atoms with Crippen LogP contribution in [-0.4, -0.2) is 34.3 Å². The topological polar surface area (TPSA) is 76.3 Å². The maximum Gasteiger partial charge on any atom is 0.274 e. The molecule has 2 N–H and O–H groups in total. The normalized spacial score (nSPS) is 18.1. The molecule has 2 heterocycles. The number of piperidine rings is 1. The minimum atomic E-state index is -0.396. The zero-order valence-electron chi connectivity index (χ0n) is 12.7. The molecule has 1 atom stereocenters. The molecule has 1 aromatic heterocycles. The van der Waals surface area contributed by atoms with Gasteiger partial charge in [-0.05, 0) is 31.4 Å². The molecule has 1 unspecified atom stereocenters. The first-order valence-electron chi connectivity index (χ1n) is 7.71. The largest absolute Gasteiger partial charge is 0.370 e. The highest BCUT2D eigenvalue weighted by Crippen LogP contribution is 2.26. The third-order valence-electron chi connectivity index (χ3n) is 4.20. The average Bonchev–Trinajstić information content (AvgIpc) is 2.53. The number of aromatic nitrogens is 1. The second-order valence-corrected chi connectivity index (χ2v) is 6.24. The monoisotopic (exact) mass is 331 g/mol. The van der Waals surface area contributed by atoms with Crippen molar-refractivity contribution >= 4 is 34.3 Å². The van der Waals surface area contributed by atoms with E-state index in [0.717, 1.165) is 30.2 Å². The van der Waals surface area contributed by atoms with Gasteiger partial charge in [-0.25, -0.2) is 4.98 Å². The molecule has 1 aliphatic rings. The van der Waals surface area contributed by atoms with Crippen LogP contribution >= 0.6 is 11.6 Å². The Balaban J connectivity index is 1.94. The summed E-state index contributed by atoms with van der Waals surface area (Å²) in [6, 6.07) is 9.10. The Morgan fingerprint density at radius 3 is 2.87 bits per heavy atom. The second kappa shape index (κ2) is 6.54. The number of amides is 2. The number of fused-ring (bicyclic) bond motifs is 1. The van der Waals surface area contributed by atoms with Crippen LogP contribution in [0.15, 0.2) is 30.3 Å². The van der Waals surface area contributed by atoms with Crippen molar-refractivity contribution in [2.24, 2.45) is 5.73 Å². The van der Waals surface area contributed by atoms with Gasteiger partial charge in [0.05, 0.1) is 10.5 Å². The van der Waals surface area contributed by atoms with E-state index in [1.807, 2.05) is 24.3 Å². The van der Waals surface area contributed by atoms with Crippen molar-refractivity contribution in [3.05, 3.63) is 41.0 Å². The van der Waals surface area contributed by atoms with Gasteiger partial charge in [-0.1, -0.05) is 29.8 Å². The Kier molecular flexibility index (Phi) is 4.48. The predicted octanol–water partition coefficient (Wildman–Crippen LogP) is 2.76. The molecule has 23 heavy (non-hydrogen) atoms. The molecule has 0 bridgehead atoms. The quantitative estimate of drug-likeness (QED) is 0.939. The van der Waals surface area contributed by atoms with Crippen LogP contribution < -0.4 is 5.73 Å². The highest BCUT2D eigenvalue weighted by molar-refractivity contribution is 6.34. The smallest absolute Gasteiger partial charge is 0.274 e. The summed E-state index contributed by atoms with van der Waals surface area (Å²) < 4.78 is 0. The molecule has 1 aliphatic heterocycles. The molecular weight excluding hydrogens is 314 g/mol. The van der Waals surface area contributed by atoms with Gasteiger partial charge in [-0.15, -0.1) is 0 Å². The van der Waals surface area contributed by atoms with Crippen LogP contribution in [0.4, 0.5) is 0 Å². The lowest BCUT2D eigenvalue weighted by Gasteiger charge is -2.35. The molecule has 5 nitrogen and oxygen atoms in total. The zero-order chi connectivity index (χ0) is 16.4. The molecule has 6 heteroatoms. The summed E-state index contributed by atoms with van der Waals surface area (Å²) in [7, 11) is 0. The number of hydrogen-bond donors (Lipinski definition) is 1. The number of benzene rings is 1. The third kappa shape index (κ3) is 3.29. The number of carbonyl (C=O) groups is 2. The highest BCUT2D eigenvalue weighted by Gasteiger charge is 2.30. The SMILES string of the molecule is NC(=O)CC1CCCCN1C(=O)c1nc2ccccc2cc1Cl. The van der Waals surface area contributed by atoms with Crippen LogP contribution in [0.2, 0.25) is 5.02 Å². The highest BCUT2D eigenvalue weighted by atomic mass is 35.5.